The van der Waals surface area contributed by atoms with Gasteiger partial charge in [0.15, 0.2) is 0 Å². The van der Waals surface area contributed by atoms with Gasteiger partial charge in [-0.25, -0.2) is 4.39 Å². The van der Waals surface area contributed by atoms with Gasteiger partial charge in [-0.3, -0.25) is 9.78 Å². The van der Waals surface area contributed by atoms with Crippen LogP contribution in [0.4, 0.5) is 4.39 Å². The number of rotatable bonds is 4. The second-order valence-electron chi connectivity index (χ2n) is 8.86. The molecule has 4 heteroatoms. The van der Waals surface area contributed by atoms with Crippen LogP contribution in [0.15, 0.2) is 30.5 Å². The molecule has 0 bridgehead atoms. The molecule has 0 spiro atoms. The van der Waals surface area contributed by atoms with E-state index < -0.39 is 5.41 Å². The van der Waals surface area contributed by atoms with E-state index in [9.17, 15) is 9.18 Å². The highest BCUT2D eigenvalue weighted by Gasteiger charge is 2.49. The number of carbonyl (C=O) groups excluding carboxylic acids is 1. The fourth-order valence-corrected chi connectivity index (χ4v) is 5.44. The third kappa shape index (κ3) is 3.24. The van der Waals surface area contributed by atoms with E-state index in [0.717, 1.165) is 36.6 Å². The summed E-state index contributed by atoms with van der Waals surface area (Å²) in [4.78, 5) is 16.8. The van der Waals surface area contributed by atoms with Crippen LogP contribution < -0.4 is 0 Å². The number of pyridine rings is 1. The zero-order chi connectivity index (χ0) is 19.2. The number of hydrogen-bond acceptors (Lipinski definition) is 3. The van der Waals surface area contributed by atoms with E-state index in [4.69, 9.17) is 4.74 Å². The minimum atomic E-state index is -0.414. The molecule has 1 aromatic heterocycles. The predicted molar refractivity (Wildman–Crippen MR) is 104 cm³/mol. The molecule has 4 atom stereocenters. The van der Waals surface area contributed by atoms with Gasteiger partial charge in [0.05, 0.1) is 17.5 Å². The van der Waals surface area contributed by atoms with Crippen LogP contribution in [0, 0.1) is 29.0 Å². The number of aromatic nitrogens is 1. The van der Waals surface area contributed by atoms with Crippen molar-refractivity contribution in [2.24, 2.45) is 23.2 Å². The summed E-state index contributed by atoms with van der Waals surface area (Å²) in [6.07, 6.45) is 6.26. The first-order valence-corrected chi connectivity index (χ1v) is 10.1. The topological polar surface area (TPSA) is 39.2 Å². The van der Waals surface area contributed by atoms with Gasteiger partial charge in [0.2, 0.25) is 0 Å². The van der Waals surface area contributed by atoms with Crippen LogP contribution in [-0.2, 0) is 9.53 Å². The molecule has 4 rings (SSSR count). The molecule has 2 aromatic rings. The number of esters is 1. The molecule has 3 nitrogen and oxygen atoms in total. The molecule has 2 saturated carbocycles. The first kappa shape index (κ1) is 18.4. The summed E-state index contributed by atoms with van der Waals surface area (Å²) in [5.41, 5.74) is 1.69. The van der Waals surface area contributed by atoms with Crippen molar-refractivity contribution in [2.45, 2.75) is 52.4 Å². The first-order valence-electron chi connectivity index (χ1n) is 10.1. The Morgan fingerprint density at radius 1 is 1.19 bits per heavy atom. The number of benzene rings is 1. The Morgan fingerprint density at radius 3 is 2.56 bits per heavy atom. The molecule has 1 heterocycles. The Labute approximate surface area is 160 Å². The summed E-state index contributed by atoms with van der Waals surface area (Å²) in [6.45, 7) is 6.38. The van der Waals surface area contributed by atoms with Crippen molar-refractivity contribution < 1.29 is 13.9 Å². The molecular weight excluding hydrogens is 341 g/mol. The van der Waals surface area contributed by atoms with E-state index in [1.807, 2.05) is 27.0 Å². The van der Waals surface area contributed by atoms with Crippen molar-refractivity contribution >= 4 is 16.9 Å². The Bertz CT molecular complexity index is 849. The van der Waals surface area contributed by atoms with Crippen LogP contribution >= 0.6 is 0 Å². The Hall–Kier alpha value is -1.97. The molecule has 0 amide bonds. The SMILES string of the molecule is CCOC(=O)C(C)(C)[C@@H]1CC2C[C@H](c3ccnc4ccc(F)cc34)C[C@@H]2C1. The van der Waals surface area contributed by atoms with Gasteiger partial charge < -0.3 is 4.74 Å². The number of hydrogen-bond donors (Lipinski definition) is 0. The highest BCUT2D eigenvalue weighted by molar-refractivity contribution is 5.82. The monoisotopic (exact) mass is 369 g/mol. The average Bonchev–Trinajstić information content (AvgIpc) is 3.20. The van der Waals surface area contributed by atoms with Crippen LogP contribution in [-0.4, -0.2) is 17.6 Å². The van der Waals surface area contributed by atoms with E-state index >= 15 is 0 Å². The lowest BCUT2D eigenvalue weighted by Crippen LogP contribution is -2.34. The summed E-state index contributed by atoms with van der Waals surface area (Å²) in [5, 5.41) is 0.950. The van der Waals surface area contributed by atoms with Crippen LogP contribution in [0.1, 0.15) is 57.9 Å². The van der Waals surface area contributed by atoms with Gasteiger partial charge in [-0.1, -0.05) is 0 Å². The largest absolute Gasteiger partial charge is 0.466 e. The molecule has 2 aliphatic carbocycles. The molecule has 2 fully saturated rings. The summed E-state index contributed by atoms with van der Waals surface area (Å²) in [7, 11) is 0. The molecule has 0 radical (unpaired) electrons. The third-order valence-electron chi connectivity index (χ3n) is 7.02. The van der Waals surface area contributed by atoms with Crippen molar-refractivity contribution in [1.82, 2.24) is 4.98 Å². The Balaban J connectivity index is 1.51. The highest BCUT2D eigenvalue weighted by atomic mass is 19.1. The lowest BCUT2D eigenvalue weighted by Gasteiger charge is -2.30. The first-order chi connectivity index (χ1) is 12.9. The molecule has 0 saturated heterocycles. The zero-order valence-corrected chi connectivity index (χ0v) is 16.4. The summed E-state index contributed by atoms with van der Waals surface area (Å²) >= 11 is 0. The van der Waals surface area contributed by atoms with E-state index in [-0.39, 0.29) is 11.8 Å². The summed E-state index contributed by atoms with van der Waals surface area (Å²) < 4.78 is 19.1. The average molecular weight is 369 g/mol. The van der Waals surface area contributed by atoms with Gasteiger partial charge >= 0.3 is 5.97 Å². The summed E-state index contributed by atoms with van der Waals surface area (Å²) in [6, 6.07) is 6.93. The number of ether oxygens (including phenoxy) is 1. The third-order valence-corrected chi connectivity index (χ3v) is 7.02. The zero-order valence-electron chi connectivity index (χ0n) is 16.4. The normalized spacial score (nSPS) is 27.7. The van der Waals surface area contributed by atoms with Crippen LogP contribution in [0.3, 0.4) is 0 Å². The van der Waals surface area contributed by atoms with E-state index in [1.165, 1.54) is 11.6 Å². The standard InChI is InChI=1S/C23H28FNO2/c1-4-27-22(26)23(2,3)17-11-14-9-16(10-15(14)12-17)19-7-8-25-21-6-5-18(24)13-20(19)21/h5-8,13-17H,4,9-12H2,1-3H3/t14-,15?,16-,17+/m1/s1. The quantitative estimate of drug-likeness (QED) is 0.670. The van der Waals surface area contributed by atoms with Gasteiger partial charge in [-0.2, -0.15) is 0 Å². The van der Waals surface area contributed by atoms with Crippen molar-refractivity contribution in [3.63, 3.8) is 0 Å². The molecular formula is C23H28FNO2. The summed E-state index contributed by atoms with van der Waals surface area (Å²) in [5.74, 6) is 1.86. The Kier molecular flexibility index (Phi) is 4.69. The van der Waals surface area contributed by atoms with Gasteiger partial charge in [0, 0.05) is 11.6 Å². The number of halogens is 1. The molecule has 27 heavy (non-hydrogen) atoms. The van der Waals surface area contributed by atoms with Crippen LogP contribution in [0.5, 0.6) is 0 Å². The molecule has 0 aliphatic heterocycles. The maximum Gasteiger partial charge on any atom is 0.311 e. The minimum absolute atomic E-state index is 0.0675. The highest BCUT2D eigenvalue weighted by Crippen LogP contribution is 2.56. The fourth-order valence-electron chi connectivity index (χ4n) is 5.44. The van der Waals surface area contributed by atoms with E-state index in [2.05, 4.69) is 11.1 Å². The molecule has 144 valence electrons. The second-order valence-corrected chi connectivity index (χ2v) is 8.86. The lowest BCUT2D eigenvalue weighted by molar-refractivity contribution is -0.156. The second kappa shape index (κ2) is 6.88. The molecule has 1 aromatic carbocycles. The number of carbonyl (C=O) groups is 1. The van der Waals surface area contributed by atoms with Crippen LogP contribution in [0.25, 0.3) is 10.9 Å². The van der Waals surface area contributed by atoms with Crippen molar-refractivity contribution in [3.8, 4) is 0 Å². The number of fused-ring (bicyclic) bond motifs is 2. The fraction of sp³-hybridized carbons (Fsp3) is 0.565. The number of nitrogens with zero attached hydrogens (tertiary/aromatic N) is 1. The van der Waals surface area contributed by atoms with Gasteiger partial charge in [0.25, 0.3) is 0 Å². The van der Waals surface area contributed by atoms with Crippen LogP contribution in [0.2, 0.25) is 0 Å². The predicted octanol–water partition coefficient (Wildman–Crippen LogP) is 5.48. The van der Waals surface area contributed by atoms with Gasteiger partial charge in [-0.15, -0.1) is 0 Å². The molecule has 2 aliphatic rings. The lowest BCUT2D eigenvalue weighted by atomic mass is 9.76. The smallest absolute Gasteiger partial charge is 0.311 e. The maximum absolute atomic E-state index is 13.8. The van der Waals surface area contributed by atoms with E-state index in [0.29, 0.717) is 30.3 Å². The molecule has 0 N–H and O–H groups in total. The van der Waals surface area contributed by atoms with Crippen molar-refractivity contribution in [1.29, 1.82) is 0 Å². The van der Waals surface area contributed by atoms with Crippen molar-refractivity contribution in [2.75, 3.05) is 6.61 Å². The van der Waals surface area contributed by atoms with E-state index in [1.54, 1.807) is 12.1 Å². The van der Waals surface area contributed by atoms with Gasteiger partial charge in [0.1, 0.15) is 5.82 Å². The molecule has 1 unspecified atom stereocenters. The van der Waals surface area contributed by atoms with Crippen molar-refractivity contribution in [3.05, 3.63) is 41.8 Å². The van der Waals surface area contributed by atoms with Gasteiger partial charge in [-0.05, 0) is 100.0 Å². The Morgan fingerprint density at radius 2 is 1.89 bits per heavy atom. The maximum atomic E-state index is 13.8. The minimum Gasteiger partial charge on any atom is -0.466 e.